The van der Waals surface area contributed by atoms with Crippen LogP contribution in [0.5, 0.6) is 0 Å². The van der Waals surface area contributed by atoms with Gasteiger partial charge in [-0.15, -0.1) is 0 Å². The molecule has 2 rings (SSSR count). The van der Waals surface area contributed by atoms with E-state index in [2.05, 4.69) is 0 Å². The smallest absolute Gasteiger partial charge is 0.372 e. The molecule has 0 saturated heterocycles. The lowest BCUT2D eigenvalue weighted by atomic mass is 9.87. The lowest BCUT2D eigenvalue weighted by Gasteiger charge is -2.36. The van der Waals surface area contributed by atoms with E-state index in [4.69, 9.17) is 0 Å². The molecule has 2 aromatic carbocycles. The van der Waals surface area contributed by atoms with E-state index in [1.54, 1.807) is 0 Å². The molecule has 1 atom stereocenters. The van der Waals surface area contributed by atoms with Crippen molar-refractivity contribution < 1.29 is 48.6 Å². The van der Waals surface area contributed by atoms with Crippen LogP contribution in [0.3, 0.4) is 0 Å². The highest BCUT2D eigenvalue weighted by Gasteiger charge is 2.67. The highest BCUT2D eigenvalue weighted by atomic mass is 32.2. The lowest BCUT2D eigenvalue weighted by Crippen LogP contribution is -2.54. The van der Waals surface area contributed by atoms with Crippen molar-refractivity contribution in [1.82, 2.24) is 0 Å². The fourth-order valence-electron chi connectivity index (χ4n) is 2.73. The van der Waals surface area contributed by atoms with E-state index in [0.717, 1.165) is 12.1 Å². The van der Waals surface area contributed by atoms with Gasteiger partial charge < -0.3 is 5.11 Å². The van der Waals surface area contributed by atoms with E-state index in [1.807, 2.05) is 0 Å². The first-order chi connectivity index (χ1) is 13.9. The van der Waals surface area contributed by atoms with E-state index in [0.29, 0.717) is 24.3 Å². The normalized spacial score (nSPS) is 15.4. The predicted octanol–water partition coefficient (Wildman–Crippen LogP) is 4.85. The zero-order valence-corrected chi connectivity index (χ0v) is 16.4. The third kappa shape index (κ3) is 4.92. The van der Waals surface area contributed by atoms with Crippen LogP contribution in [0.4, 0.5) is 40.8 Å². The molecule has 172 valence electrons. The Morgan fingerprint density at radius 1 is 0.839 bits per heavy atom. The first-order valence-electron chi connectivity index (χ1n) is 8.33. The Hall–Kier alpha value is -2.41. The van der Waals surface area contributed by atoms with Crippen molar-refractivity contribution in [2.75, 3.05) is 10.8 Å². The van der Waals surface area contributed by atoms with Gasteiger partial charge in [0.1, 0.15) is 6.54 Å². The van der Waals surface area contributed by atoms with Gasteiger partial charge in [0.05, 0.1) is 10.6 Å². The summed E-state index contributed by atoms with van der Waals surface area (Å²) in [5, 5.41) is 9.72. The average molecular weight is 477 g/mol. The number of benzene rings is 2. The van der Waals surface area contributed by atoms with Gasteiger partial charge in [0.2, 0.25) is 5.60 Å². The van der Waals surface area contributed by atoms with Gasteiger partial charge >= 0.3 is 12.4 Å². The molecule has 0 bridgehead atoms. The highest BCUT2D eigenvalue weighted by molar-refractivity contribution is 7.92. The van der Waals surface area contributed by atoms with Crippen molar-refractivity contribution in [2.24, 2.45) is 0 Å². The number of nitrogens with zero attached hydrogens (tertiary/aromatic N) is 1. The number of alkyl halides is 8. The molecule has 0 heterocycles. The molecule has 0 aliphatic heterocycles. The SMILES string of the molecule is CC(F)(F)C(O)(c1ccc(N(CC(F)(F)F)S(=O)(=O)c2ccccc2)cc1)C(F)(F)F. The molecule has 4 nitrogen and oxygen atoms in total. The minimum absolute atomic E-state index is 0.122. The molecular formula is C18H15F8NO3S. The van der Waals surface area contributed by atoms with Gasteiger partial charge in [0, 0.05) is 6.92 Å². The molecule has 0 spiro atoms. The highest BCUT2D eigenvalue weighted by Crippen LogP contribution is 2.49. The zero-order valence-electron chi connectivity index (χ0n) is 15.5. The topological polar surface area (TPSA) is 57.6 Å². The van der Waals surface area contributed by atoms with Gasteiger partial charge in [0.25, 0.3) is 15.9 Å². The van der Waals surface area contributed by atoms with Crippen LogP contribution in [0.25, 0.3) is 0 Å². The number of sulfonamides is 1. The van der Waals surface area contributed by atoms with Crippen LogP contribution >= 0.6 is 0 Å². The van der Waals surface area contributed by atoms with E-state index in [1.165, 1.54) is 18.2 Å². The Bertz CT molecular complexity index is 983. The Kier molecular flexibility index (Phi) is 6.36. The molecule has 0 saturated carbocycles. The van der Waals surface area contributed by atoms with Crippen molar-refractivity contribution >= 4 is 15.7 Å². The van der Waals surface area contributed by atoms with Crippen molar-refractivity contribution in [3.63, 3.8) is 0 Å². The lowest BCUT2D eigenvalue weighted by molar-refractivity contribution is -0.335. The molecule has 0 aliphatic carbocycles. The van der Waals surface area contributed by atoms with E-state index in [9.17, 15) is 48.6 Å². The largest absolute Gasteiger partial charge is 0.427 e. The van der Waals surface area contributed by atoms with Gasteiger partial charge in [0.15, 0.2) is 0 Å². The third-order valence-electron chi connectivity index (χ3n) is 4.27. The zero-order chi connectivity index (χ0) is 23.9. The molecular weight excluding hydrogens is 462 g/mol. The molecule has 1 unspecified atom stereocenters. The first kappa shape index (κ1) is 24.9. The van der Waals surface area contributed by atoms with Crippen molar-refractivity contribution in [2.45, 2.75) is 35.7 Å². The van der Waals surface area contributed by atoms with Gasteiger partial charge in [-0.25, -0.2) is 17.2 Å². The number of hydrogen-bond donors (Lipinski definition) is 1. The van der Waals surface area contributed by atoms with Crippen LogP contribution in [0, 0.1) is 0 Å². The van der Waals surface area contributed by atoms with Crippen molar-refractivity contribution in [1.29, 1.82) is 0 Å². The Labute approximate surface area is 171 Å². The number of rotatable bonds is 6. The minimum Gasteiger partial charge on any atom is -0.372 e. The quantitative estimate of drug-likeness (QED) is 0.606. The second-order valence-electron chi connectivity index (χ2n) is 6.58. The molecule has 0 aromatic heterocycles. The maximum absolute atomic E-state index is 13.6. The third-order valence-corrected chi connectivity index (χ3v) is 6.06. The van der Waals surface area contributed by atoms with E-state index < -0.39 is 56.6 Å². The van der Waals surface area contributed by atoms with E-state index >= 15 is 0 Å². The summed E-state index contributed by atoms with van der Waals surface area (Å²) < 4.78 is 131. The molecule has 0 aliphatic rings. The summed E-state index contributed by atoms with van der Waals surface area (Å²) in [5.74, 6) is -4.71. The Morgan fingerprint density at radius 3 is 1.71 bits per heavy atom. The van der Waals surface area contributed by atoms with Gasteiger partial charge in [-0.05, 0) is 29.8 Å². The maximum atomic E-state index is 13.6. The van der Waals surface area contributed by atoms with Crippen LogP contribution in [0.2, 0.25) is 0 Å². The van der Waals surface area contributed by atoms with Gasteiger partial charge in [-0.2, -0.15) is 26.3 Å². The fraction of sp³-hybridized carbons (Fsp3) is 0.333. The standard InChI is InChI=1S/C18H15F8NO3S/c1-15(19,20)17(28,18(24,25)26)12-7-9-13(10-8-12)27(11-16(21,22)23)31(29,30)14-5-3-2-4-6-14/h2-10,28H,11H2,1H3. The Morgan fingerprint density at radius 2 is 1.32 bits per heavy atom. The molecule has 0 radical (unpaired) electrons. The van der Waals surface area contributed by atoms with Crippen LogP contribution in [-0.2, 0) is 15.6 Å². The Balaban J connectivity index is 2.60. The molecule has 0 fully saturated rings. The summed E-state index contributed by atoms with van der Waals surface area (Å²) in [6, 6.07) is 7.45. The van der Waals surface area contributed by atoms with E-state index in [-0.39, 0.29) is 11.2 Å². The molecule has 0 amide bonds. The van der Waals surface area contributed by atoms with Gasteiger partial charge in [-0.3, -0.25) is 4.31 Å². The number of halogens is 8. The molecule has 31 heavy (non-hydrogen) atoms. The second-order valence-corrected chi connectivity index (χ2v) is 8.45. The van der Waals surface area contributed by atoms with Crippen LogP contribution in [0.15, 0.2) is 59.5 Å². The second kappa shape index (κ2) is 7.93. The average Bonchev–Trinajstić information content (AvgIpc) is 2.64. The molecule has 2 aromatic rings. The van der Waals surface area contributed by atoms with Crippen LogP contribution in [0.1, 0.15) is 12.5 Å². The summed E-state index contributed by atoms with van der Waals surface area (Å²) in [6.45, 7) is -2.21. The monoisotopic (exact) mass is 477 g/mol. The summed E-state index contributed by atoms with van der Waals surface area (Å²) >= 11 is 0. The predicted molar refractivity (Wildman–Crippen MR) is 94.0 cm³/mol. The summed E-state index contributed by atoms with van der Waals surface area (Å²) in [7, 11) is -4.81. The number of anilines is 1. The summed E-state index contributed by atoms with van der Waals surface area (Å²) in [6.07, 6.45) is -10.9. The van der Waals surface area contributed by atoms with Crippen molar-refractivity contribution in [3.05, 3.63) is 60.2 Å². The summed E-state index contributed by atoms with van der Waals surface area (Å²) in [4.78, 5) is -0.532. The first-order valence-corrected chi connectivity index (χ1v) is 9.77. The molecule has 1 N–H and O–H groups in total. The van der Waals surface area contributed by atoms with Crippen LogP contribution < -0.4 is 4.31 Å². The minimum atomic E-state index is -5.84. The fourth-order valence-corrected chi connectivity index (χ4v) is 4.20. The van der Waals surface area contributed by atoms with Crippen LogP contribution in [-0.4, -0.2) is 38.3 Å². The van der Waals surface area contributed by atoms with Gasteiger partial charge in [-0.1, -0.05) is 30.3 Å². The number of aliphatic hydroxyl groups is 1. The number of hydrogen-bond acceptors (Lipinski definition) is 3. The molecule has 13 heteroatoms. The summed E-state index contributed by atoms with van der Waals surface area (Å²) in [5.41, 5.74) is -6.76. The van der Waals surface area contributed by atoms with Crippen molar-refractivity contribution in [3.8, 4) is 0 Å². The maximum Gasteiger partial charge on any atom is 0.427 e.